The molecule has 0 saturated carbocycles. The number of pyridine rings is 1. The van der Waals surface area contributed by atoms with Gasteiger partial charge < -0.3 is 15.3 Å². The van der Waals surface area contributed by atoms with Gasteiger partial charge in [-0.25, -0.2) is 0 Å². The van der Waals surface area contributed by atoms with Gasteiger partial charge in [-0.2, -0.15) is 0 Å². The molecule has 1 aromatic heterocycles. The second kappa shape index (κ2) is 10.1. The van der Waals surface area contributed by atoms with E-state index in [4.69, 9.17) is 4.98 Å². The minimum absolute atomic E-state index is 0.0937. The number of β-amino-alcohol motifs (C(OH)–C–C–N with tert-alkyl or cyclic N) is 1. The topological polar surface area (TPSA) is 68.7 Å². The summed E-state index contributed by atoms with van der Waals surface area (Å²) < 4.78 is 0. The van der Waals surface area contributed by atoms with E-state index in [9.17, 15) is 9.90 Å². The molecule has 1 amide bonds. The van der Waals surface area contributed by atoms with Crippen LogP contribution in [0.1, 0.15) is 40.0 Å². The first kappa shape index (κ1) is 22.8. The Morgan fingerprint density at radius 1 is 1.03 bits per heavy atom. The van der Waals surface area contributed by atoms with Crippen molar-refractivity contribution in [1.82, 2.24) is 14.8 Å². The molecule has 178 valence electrons. The van der Waals surface area contributed by atoms with Crippen LogP contribution in [0.2, 0.25) is 0 Å². The number of hydrogen-bond donors (Lipinski definition) is 2. The molecule has 1 fully saturated rings. The lowest BCUT2D eigenvalue weighted by Gasteiger charge is -2.35. The molecule has 1 aliphatic carbocycles. The maximum absolute atomic E-state index is 12.8. The standard InChI is InChI=1S/C28H34N4O2/c1-20-10-12-21(13-11-20)28(34)32-16-14-31(15-17-32)19-22(33)18-29-27-23-6-2-4-8-25(23)30-26-9-5-3-7-24(26)27/h2,4,6,8,10-13,22,33H,3,5,7,9,14-19H2,1H3,(H,29,30). The van der Waals surface area contributed by atoms with E-state index in [2.05, 4.69) is 28.4 Å². The largest absolute Gasteiger partial charge is 0.390 e. The third-order valence-electron chi connectivity index (χ3n) is 7.11. The molecule has 1 saturated heterocycles. The number of fused-ring (bicyclic) bond motifs is 2. The normalized spacial score (nSPS) is 17.4. The minimum atomic E-state index is -0.481. The number of aromatic nitrogens is 1. The van der Waals surface area contributed by atoms with Gasteiger partial charge >= 0.3 is 0 Å². The molecule has 6 heteroatoms. The van der Waals surface area contributed by atoms with Crippen molar-refractivity contribution in [1.29, 1.82) is 0 Å². The lowest BCUT2D eigenvalue weighted by molar-refractivity contribution is 0.0547. The molecule has 2 aliphatic rings. The predicted octanol–water partition coefficient (Wildman–Crippen LogP) is 3.65. The Morgan fingerprint density at radius 3 is 2.56 bits per heavy atom. The van der Waals surface area contributed by atoms with Gasteiger partial charge in [0.15, 0.2) is 0 Å². The second-order valence-electron chi connectivity index (χ2n) is 9.63. The van der Waals surface area contributed by atoms with E-state index in [1.165, 1.54) is 24.1 Å². The van der Waals surface area contributed by atoms with Crippen LogP contribution in [0.15, 0.2) is 48.5 Å². The summed E-state index contributed by atoms with van der Waals surface area (Å²) in [6.07, 6.45) is 3.98. The SMILES string of the molecule is Cc1ccc(C(=O)N2CCN(CC(O)CNc3c4c(nc5ccccc35)CCCC4)CC2)cc1. The summed E-state index contributed by atoms with van der Waals surface area (Å²) in [5.41, 5.74) is 6.60. The minimum Gasteiger partial charge on any atom is -0.390 e. The van der Waals surface area contributed by atoms with Crippen molar-refractivity contribution in [3.8, 4) is 0 Å². The van der Waals surface area contributed by atoms with Gasteiger partial charge in [-0.1, -0.05) is 35.9 Å². The number of aliphatic hydroxyl groups is 1. The third kappa shape index (κ3) is 4.93. The fourth-order valence-corrected chi connectivity index (χ4v) is 5.17. The fraction of sp³-hybridized carbons (Fsp3) is 0.429. The first-order valence-corrected chi connectivity index (χ1v) is 12.5. The van der Waals surface area contributed by atoms with Crippen molar-refractivity contribution in [3.05, 3.63) is 70.9 Å². The smallest absolute Gasteiger partial charge is 0.253 e. The Balaban J connectivity index is 1.17. The van der Waals surface area contributed by atoms with Crippen LogP contribution in [0, 0.1) is 6.92 Å². The van der Waals surface area contributed by atoms with E-state index in [0.717, 1.165) is 53.6 Å². The highest BCUT2D eigenvalue weighted by Gasteiger charge is 2.24. The van der Waals surface area contributed by atoms with Crippen LogP contribution in [0.5, 0.6) is 0 Å². The van der Waals surface area contributed by atoms with E-state index in [0.29, 0.717) is 26.2 Å². The highest BCUT2D eigenvalue weighted by molar-refractivity contribution is 5.94. The number of nitrogens with zero attached hydrogens (tertiary/aromatic N) is 3. The van der Waals surface area contributed by atoms with Crippen LogP contribution in [-0.4, -0.2) is 71.2 Å². The molecule has 0 spiro atoms. The Labute approximate surface area is 201 Å². The number of carbonyl (C=O) groups is 1. The molecular formula is C28H34N4O2. The van der Waals surface area contributed by atoms with E-state index in [1.54, 1.807) is 0 Å². The average molecular weight is 459 g/mol. The highest BCUT2D eigenvalue weighted by atomic mass is 16.3. The van der Waals surface area contributed by atoms with Crippen LogP contribution >= 0.6 is 0 Å². The number of piperazine rings is 1. The summed E-state index contributed by atoms with van der Waals surface area (Å²) in [7, 11) is 0. The average Bonchev–Trinajstić information content (AvgIpc) is 2.87. The quantitative estimate of drug-likeness (QED) is 0.590. The van der Waals surface area contributed by atoms with Crippen molar-refractivity contribution >= 4 is 22.5 Å². The molecule has 2 heterocycles. The summed E-state index contributed by atoms with van der Waals surface area (Å²) in [4.78, 5) is 21.8. The Kier molecular flexibility index (Phi) is 6.79. The van der Waals surface area contributed by atoms with Gasteiger partial charge in [0.25, 0.3) is 5.91 Å². The van der Waals surface area contributed by atoms with Gasteiger partial charge in [-0.3, -0.25) is 14.7 Å². The number of aliphatic hydroxyl groups excluding tert-OH is 1. The molecule has 2 aromatic carbocycles. The lowest BCUT2D eigenvalue weighted by atomic mass is 9.92. The van der Waals surface area contributed by atoms with Crippen molar-refractivity contribution in [3.63, 3.8) is 0 Å². The lowest BCUT2D eigenvalue weighted by Crippen LogP contribution is -2.51. The van der Waals surface area contributed by atoms with Gasteiger partial charge in [-0.05, 0) is 56.4 Å². The zero-order chi connectivity index (χ0) is 23.5. The van der Waals surface area contributed by atoms with Crippen LogP contribution in [0.25, 0.3) is 10.9 Å². The summed E-state index contributed by atoms with van der Waals surface area (Å²) in [6, 6.07) is 16.1. The predicted molar refractivity (Wildman–Crippen MR) is 136 cm³/mol. The highest BCUT2D eigenvalue weighted by Crippen LogP contribution is 2.33. The first-order valence-electron chi connectivity index (χ1n) is 12.5. The van der Waals surface area contributed by atoms with Gasteiger partial charge in [0.1, 0.15) is 0 Å². The molecule has 2 N–H and O–H groups in total. The van der Waals surface area contributed by atoms with E-state index in [-0.39, 0.29) is 5.91 Å². The molecule has 0 radical (unpaired) electrons. The van der Waals surface area contributed by atoms with Gasteiger partial charge in [0, 0.05) is 61.6 Å². The van der Waals surface area contributed by atoms with Gasteiger partial charge in [-0.15, -0.1) is 0 Å². The molecule has 1 aliphatic heterocycles. The summed E-state index contributed by atoms with van der Waals surface area (Å²) in [6.45, 7) is 6.07. The van der Waals surface area contributed by atoms with Crippen molar-refractivity contribution in [2.24, 2.45) is 0 Å². The number of benzene rings is 2. The van der Waals surface area contributed by atoms with E-state index in [1.807, 2.05) is 42.2 Å². The van der Waals surface area contributed by atoms with Crippen molar-refractivity contribution in [2.45, 2.75) is 38.7 Å². The van der Waals surface area contributed by atoms with Crippen LogP contribution < -0.4 is 5.32 Å². The third-order valence-corrected chi connectivity index (χ3v) is 7.11. The monoisotopic (exact) mass is 458 g/mol. The number of amides is 1. The number of aryl methyl sites for hydroxylation is 2. The second-order valence-corrected chi connectivity index (χ2v) is 9.63. The number of nitrogens with one attached hydrogen (secondary N) is 1. The number of hydrogen-bond acceptors (Lipinski definition) is 5. The zero-order valence-corrected chi connectivity index (χ0v) is 20.0. The molecule has 5 rings (SSSR count). The van der Waals surface area contributed by atoms with Crippen LogP contribution in [-0.2, 0) is 12.8 Å². The summed E-state index contributed by atoms with van der Waals surface area (Å²) >= 11 is 0. The van der Waals surface area contributed by atoms with Crippen LogP contribution in [0.3, 0.4) is 0 Å². The Morgan fingerprint density at radius 2 is 1.76 bits per heavy atom. The number of rotatable bonds is 6. The van der Waals surface area contributed by atoms with Crippen molar-refractivity contribution in [2.75, 3.05) is 44.6 Å². The first-order chi connectivity index (χ1) is 16.6. The van der Waals surface area contributed by atoms with Gasteiger partial charge in [0.05, 0.1) is 11.6 Å². The molecule has 1 atom stereocenters. The molecule has 0 bridgehead atoms. The van der Waals surface area contributed by atoms with Crippen LogP contribution in [0.4, 0.5) is 5.69 Å². The zero-order valence-electron chi connectivity index (χ0n) is 20.0. The fourth-order valence-electron chi connectivity index (χ4n) is 5.17. The maximum Gasteiger partial charge on any atom is 0.253 e. The molecule has 1 unspecified atom stereocenters. The number of carbonyl (C=O) groups excluding carboxylic acids is 1. The number of para-hydroxylation sites is 1. The number of anilines is 1. The van der Waals surface area contributed by atoms with Gasteiger partial charge in [0.2, 0.25) is 0 Å². The summed E-state index contributed by atoms with van der Waals surface area (Å²) in [5.74, 6) is 0.0937. The molecule has 3 aromatic rings. The van der Waals surface area contributed by atoms with E-state index < -0.39 is 6.10 Å². The van der Waals surface area contributed by atoms with E-state index >= 15 is 0 Å². The Hall–Kier alpha value is -2.96. The summed E-state index contributed by atoms with van der Waals surface area (Å²) in [5, 5.41) is 15.5. The molecule has 34 heavy (non-hydrogen) atoms. The molecule has 6 nitrogen and oxygen atoms in total. The maximum atomic E-state index is 12.8. The van der Waals surface area contributed by atoms with Crippen molar-refractivity contribution < 1.29 is 9.90 Å². The Bertz CT molecular complexity index is 1150. The molecular weight excluding hydrogens is 424 g/mol.